The summed E-state index contributed by atoms with van der Waals surface area (Å²) >= 11 is 0. The molecule has 0 radical (unpaired) electrons. The van der Waals surface area contributed by atoms with Gasteiger partial charge in [0.25, 0.3) is 0 Å². The third-order valence-corrected chi connectivity index (χ3v) is 2.34. The van der Waals surface area contributed by atoms with Crippen LogP contribution >= 0.6 is 0 Å². The molecular formula is C9H19N3O. The lowest BCUT2D eigenvalue weighted by atomic mass is 10.3. The number of nitrogens with zero attached hydrogens (tertiary/aromatic N) is 1. The zero-order chi connectivity index (χ0) is 9.68. The van der Waals surface area contributed by atoms with Crippen LogP contribution in [0.15, 0.2) is 0 Å². The topological polar surface area (TPSA) is 58.4 Å². The van der Waals surface area contributed by atoms with E-state index < -0.39 is 0 Å². The number of carbonyl (C=O) groups is 1. The molecule has 0 aromatic rings. The Morgan fingerprint density at radius 3 is 3.00 bits per heavy atom. The van der Waals surface area contributed by atoms with E-state index >= 15 is 0 Å². The van der Waals surface area contributed by atoms with E-state index in [0.29, 0.717) is 12.5 Å². The smallest absolute Gasteiger partial charge is 0.221 e. The predicted octanol–water partition coefficient (Wildman–Crippen LogP) is -0.454. The molecule has 1 atom stereocenters. The Labute approximate surface area is 79.5 Å². The van der Waals surface area contributed by atoms with Gasteiger partial charge in [-0.15, -0.1) is 0 Å². The summed E-state index contributed by atoms with van der Waals surface area (Å²) < 4.78 is 0. The highest BCUT2D eigenvalue weighted by atomic mass is 16.1. The number of amides is 1. The first-order valence-corrected chi connectivity index (χ1v) is 4.97. The van der Waals surface area contributed by atoms with E-state index in [2.05, 4.69) is 10.2 Å². The van der Waals surface area contributed by atoms with E-state index in [9.17, 15) is 4.79 Å². The molecule has 0 aliphatic carbocycles. The fourth-order valence-electron chi connectivity index (χ4n) is 1.61. The van der Waals surface area contributed by atoms with Crippen molar-refractivity contribution >= 4 is 5.91 Å². The van der Waals surface area contributed by atoms with Crippen molar-refractivity contribution in [2.45, 2.75) is 25.8 Å². The summed E-state index contributed by atoms with van der Waals surface area (Å²) in [6, 6.07) is 0.314. The summed E-state index contributed by atoms with van der Waals surface area (Å²) in [5, 5.41) is 2.78. The summed E-state index contributed by atoms with van der Waals surface area (Å²) in [7, 11) is 0. The molecule has 0 spiro atoms. The van der Waals surface area contributed by atoms with Crippen molar-refractivity contribution in [3.63, 3.8) is 0 Å². The Morgan fingerprint density at radius 2 is 2.46 bits per heavy atom. The molecule has 0 aromatic heterocycles. The SMILES string of the molecule is CCNC(=O)CCN1CC[C@@H](N)C1. The number of nitrogens with one attached hydrogen (secondary N) is 1. The molecule has 3 N–H and O–H groups in total. The molecule has 1 heterocycles. The van der Waals surface area contributed by atoms with E-state index in [1.54, 1.807) is 0 Å². The average molecular weight is 185 g/mol. The van der Waals surface area contributed by atoms with Crippen LogP contribution in [0.25, 0.3) is 0 Å². The molecule has 1 aliphatic heterocycles. The lowest BCUT2D eigenvalue weighted by Gasteiger charge is -2.14. The Kier molecular flexibility index (Phi) is 4.18. The molecule has 1 rings (SSSR count). The van der Waals surface area contributed by atoms with Crippen LogP contribution in [0.2, 0.25) is 0 Å². The zero-order valence-corrected chi connectivity index (χ0v) is 8.25. The van der Waals surface area contributed by atoms with E-state index in [4.69, 9.17) is 5.73 Å². The molecule has 1 saturated heterocycles. The van der Waals surface area contributed by atoms with Crippen molar-refractivity contribution in [1.82, 2.24) is 10.2 Å². The predicted molar refractivity (Wildman–Crippen MR) is 52.3 cm³/mol. The molecule has 1 amide bonds. The number of nitrogens with two attached hydrogens (primary N) is 1. The minimum Gasteiger partial charge on any atom is -0.356 e. The Morgan fingerprint density at radius 1 is 1.69 bits per heavy atom. The van der Waals surface area contributed by atoms with Crippen LogP contribution in [0.5, 0.6) is 0 Å². The van der Waals surface area contributed by atoms with Crippen molar-refractivity contribution in [3.05, 3.63) is 0 Å². The van der Waals surface area contributed by atoms with Gasteiger partial charge in [0.2, 0.25) is 5.91 Å². The van der Waals surface area contributed by atoms with E-state index in [-0.39, 0.29) is 5.91 Å². The van der Waals surface area contributed by atoms with Gasteiger partial charge in [-0.25, -0.2) is 0 Å². The van der Waals surface area contributed by atoms with Gasteiger partial charge < -0.3 is 16.0 Å². The average Bonchev–Trinajstić information content (AvgIpc) is 2.49. The van der Waals surface area contributed by atoms with Crippen LogP contribution in [0, 0.1) is 0 Å². The minimum atomic E-state index is 0.142. The van der Waals surface area contributed by atoms with Crippen molar-refractivity contribution in [2.75, 3.05) is 26.2 Å². The maximum absolute atomic E-state index is 11.1. The second-order valence-electron chi connectivity index (χ2n) is 3.55. The van der Waals surface area contributed by atoms with E-state index in [0.717, 1.165) is 32.6 Å². The molecule has 76 valence electrons. The van der Waals surface area contributed by atoms with Crippen molar-refractivity contribution < 1.29 is 4.79 Å². The molecule has 4 heteroatoms. The summed E-state index contributed by atoms with van der Waals surface area (Å²) in [6.07, 6.45) is 1.66. The van der Waals surface area contributed by atoms with Gasteiger partial charge in [-0.05, 0) is 19.9 Å². The second kappa shape index (κ2) is 5.19. The van der Waals surface area contributed by atoms with Crippen LogP contribution in [-0.2, 0) is 4.79 Å². The van der Waals surface area contributed by atoms with Gasteiger partial charge in [-0.2, -0.15) is 0 Å². The van der Waals surface area contributed by atoms with Crippen LogP contribution < -0.4 is 11.1 Å². The van der Waals surface area contributed by atoms with E-state index in [1.807, 2.05) is 6.92 Å². The van der Waals surface area contributed by atoms with Crippen molar-refractivity contribution in [2.24, 2.45) is 5.73 Å². The third-order valence-electron chi connectivity index (χ3n) is 2.34. The molecule has 0 aromatic carbocycles. The fourth-order valence-corrected chi connectivity index (χ4v) is 1.61. The summed E-state index contributed by atoms with van der Waals surface area (Å²) in [6.45, 7) is 5.49. The van der Waals surface area contributed by atoms with E-state index in [1.165, 1.54) is 0 Å². The molecule has 1 aliphatic rings. The lowest BCUT2D eigenvalue weighted by molar-refractivity contribution is -0.121. The Hall–Kier alpha value is -0.610. The van der Waals surface area contributed by atoms with Gasteiger partial charge in [0.1, 0.15) is 0 Å². The summed E-state index contributed by atoms with van der Waals surface area (Å²) in [5.74, 6) is 0.142. The number of rotatable bonds is 4. The molecule has 4 nitrogen and oxygen atoms in total. The molecule has 0 saturated carbocycles. The highest BCUT2D eigenvalue weighted by molar-refractivity contribution is 5.75. The van der Waals surface area contributed by atoms with Gasteiger partial charge in [-0.1, -0.05) is 0 Å². The highest BCUT2D eigenvalue weighted by Gasteiger charge is 2.18. The third kappa shape index (κ3) is 3.74. The van der Waals surface area contributed by atoms with Gasteiger partial charge in [0, 0.05) is 32.1 Å². The van der Waals surface area contributed by atoms with Gasteiger partial charge in [0.15, 0.2) is 0 Å². The number of hydrogen-bond donors (Lipinski definition) is 2. The summed E-state index contributed by atoms with van der Waals surface area (Å²) in [5.41, 5.74) is 5.75. The van der Waals surface area contributed by atoms with Crippen molar-refractivity contribution in [1.29, 1.82) is 0 Å². The first-order chi connectivity index (χ1) is 6.22. The largest absolute Gasteiger partial charge is 0.356 e. The first kappa shape index (κ1) is 10.5. The first-order valence-electron chi connectivity index (χ1n) is 4.97. The minimum absolute atomic E-state index is 0.142. The van der Waals surface area contributed by atoms with Crippen LogP contribution in [0.3, 0.4) is 0 Å². The summed E-state index contributed by atoms with van der Waals surface area (Å²) in [4.78, 5) is 13.4. The zero-order valence-electron chi connectivity index (χ0n) is 8.25. The Balaban J connectivity index is 2.09. The normalized spacial score (nSPS) is 23.4. The number of carbonyl (C=O) groups excluding carboxylic acids is 1. The standard InChI is InChI=1S/C9H19N3O/c1-2-11-9(13)4-6-12-5-3-8(10)7-12/h8H,2-7,10H2,1H3,(H,11,13)/t8-/m1/s1. The van der Waals surface area contributed by atoms with Gasteiger partial charge in [0.05, 0.1) is 0 Å². The van der Waals surface area contributed by atoms with Crippen LogP contribution in [-0.4, -0.2) is 43.0 Å². The van der Waals surface area contributed by atoms with Crippen LogP contribution in [0.4, 0.5) is 0 Å². The molecule has 0 bridgehead atoms. The van der Waals surface area contributed by atoms with Crippen molar-refractivity contribution in [3.8, 4) is 0 Å². The van der Waals surface area contributed by atoms with Gasteiger partial charge >= 0.3 is 0 Å². The maximum Gasteiger partial charge on any atom is 0.221 e. The maximum atomic E-state index is 11.1. The van der Waals surface area contributed by atoms with Crippen LogP contribution in [0.1, 0.15) is 19.8 Å². The van der Waals surface area contributed by atoms with Gasteiger partial charge in [-0.3, -0.25) is 4.79 Å². The second-order valence-corrected chi connectivity index (χ2v) is 3.55. The monoisotopic (exact) mass is 185 g/mol. The number of likely N-dealkylation sites (tertiary alicyclic amines) is 1. The quantitative estimate of drug-likeness (QED) is 0.623. The molecular weight excluding hydrogens is 166 g/mol. The molecule has 0 unspecified atom stereocenters. The molecule has 13 heavy (non-hydrogen) atoms. The molecule has 1 fully saturated rings. The fraction of sp³-hybridized carbons (Fsp3) is 0.889. The highest BCUT2D eigenvalue weighted by Crippen LogP contribution is 2.06. The number of hydrogen-bond acceptors (Lipinski definition) is 3. The Bertz CT molecular complexity index is 172. The lowest BCUT2D eigenvalue weighted by Crippen LogP contribution is -2.31.